The molecule has 0 spiro atoms. The van der Waals surface area contributed by atoms with Crippen molar-refractivity contribution < 1.29 is 5.11 Å². The first-order valence-corrected chi connectivity index (χ1v) is 6.87. The number of aliphatic hydroxyl groups is 1. The van der Waals surface area contributed by atoms with E-state index >= 15 is 0 Å². The molecule has 0 aliphatic rings. The van der Waals surface area contributed by atoms with Crippen molar-refractivity contribution in [2.75, 3.05) is 0 Å². The molecule has 3 atom stereocenters. The van der Waals surface area contributed by atoms with E-state index in [9.17, 15) is 5.11 Å². The van der Waals surface area contributed by atoms with E-state index in [-0.39, 0.29) is 5.92 Å². The number of pyridine rings is 1. The molecule has 0 fully saturated rings. The van der Waals surface area contributed by atoms with E-state index < -0.39 is 6.10 Å². The summed E-state index contributed by atoms with van der Waals surface area (Å²) in [7, 11) is 0. The van der Waals surface area contributed by atoms with Gasteiger partial charge in [0.2, 0.25) is 0 Å². The standard InChI is InChI=1S/C17H21NO/c1-3-13(2)16(14-8-5-4-6-9-14)17(19)15-10-7-11-18-12-15/h4-13,16-17,19H,3H2,1-2H3. The second-order valence-electron chi connectivity index (χ2n) is 5.05. The van der Waals surface area contributed by atoms with Crippen molar-refractivity contribution in [2.24, 2.45) is 5.92 Å². The first-order chi connectivity index (χ1) is 9.24. The molecule has 1 N–H and O–H groups in total. The summed E-state index contributed by atoms with van der Waals surface area (Å²) in [6.45, 7) is 4.35. The highest BCUT2D eigenvalue weighted by Gasteiger charge is 2.27. The van der Waals surface area contributed by atoms with Crippen molar-refractivity contribution in [3.05, 3.63) is 66.0 Å². The number of hydrogen-bond acceptors (Lipinski definition) is 2. The normalized spacial score (nSPS) is 15.7. The average Bonchev–Trinajstić information content (AvgIpc) is 2.49. The van der Waals surface area contributed by atoms with Gasteiger partial charge in [0, 0.05) is 18.3 Å². The van der Waals surface area contributed by atoms with Crippen molar-refractivity contribution in [3.63, 3.8) is 0 Å². The third-order valence-corrected chi connectivity index (χ3v) is 3.81. The highest BCUT2D eigenvalue weighted by atomic mass is 16.3. The van der Waals surface area contributed by atoms with Crippen LogP contribution in [-0.2, 0) is 0 Å². The molecule has 2 nitrogen and oxygen atoms in total. The van der Waals surface area contributed by atoms with Crippen LogP contribution in [0.3, 0.4) is 0 Å². The summed E-state index contributed by atoms with van der Waals surface area (Å²) in [5.41, 5.74) is 2.07. The second kappa shape index (κ2) is 6.48. The summed E-state index contributed by atoms with van der Waals surface area (Å²) in [5, 5.41) is 10.7. The van der Waals surface area contributed by atoms with Crippen molar-refractivity contribution in [3.8, 4) is 0 Å². The van der Waals surface area contributed by atoms with Crippen LogP contribution < -0.4 is 0 Å². The number of rotatable bonds is 5. The molecule has 0 amide bonds. The monoisotopic (exact) mass is 255 g/mol. The molecule has 3 unspecified atom stereocenters. The highest BCUT2D eigenvalue weighted by molar-refractivity contribution is 5.25. The third-order valence-electron chi connectivity index (χ3n) is 3.81. The van der Waals surface area contributed by atoms with Gasteiger partial charge in [0.25, 0.3) is 0 Å². The Bertz CT molecular complexity index is 483. The summed E-state index contributed by atoms with van der Waals surface area (Å²) in [6, 6.07) is 14.1. The van der Waals surface area contributed by atoms with Crippen LogP contribution in [0.1, 0.15) is 43.4 Å². The smallest absolute Gasteiger partial charge is 0.0875 e. The van der Waals surface area contributed by atoms with Gasteiger partial charge < -0.3 is 5.11 Å². The summed E-state index contributed by atoms with van der Waals surface area (Å²) >= 11 is 0. The maximum absolute atomic E-state index is 10.7. The molecule has 0 saturated heterocycles. The van der Waals surface area contributed by atoms with E-state index in [4.69, 9.17) is 0 Å². The van der Waals surface area contributed by atoms with Gasteiger partial charge in [-0.1, -0.05) is 56.7 Å². The van der Waals surface area contributed by atoms with Crippen LogP contribution in [0.4, 0.5) is 0 Å². The number of hydrogen-bond donors (Lipinski definition) is 1. The zero-order valence-electron chi connectivity index (χ0n) is 11.5. The van der Waals surface area contributed by atoms with Gasteiger partial charge in [-0.05, 0) is 23.1 Å². The Morgan fingerprint density at radius 2 is 1.74 bits per heavy atom. The molecule has 2 heteroatoms. The van der Waals surface area contributed by atoms with Gasteiger partial charge >= 0.3 is 0 Å². The van der Waals surface area contributed by atoms with E-state index in [2.05, 4.69) is 31.0 Å². The van der Waals surface area contributed by atoms with Gasteiger partial charge in [-0.15, -0.1) is 0 Å². The Morgan fingerprint density at radius 3 is 2.32 bits per heavy atom. The maximum atomic E-state index is 10.7. The van der Waals surface area contributed by atoms with Gasteiger partial charge in [-0.3, -0.25) is 4.98 Å². The number of aliphatic hydroxyl groups excluding tert-OH is 1. The summed E-state index contributed by atoms with van der Waals surface area (Å²) in [5.74, 6) is 0.521. The van der Waals surface area contributed by atoms with Crippen molar-refractivity contribution >= 4 is 0 Å². The van der Waals surface area contributed by atoms with Crippen LogP contribution in [-0.4, -0.2) is 10.1 Å². The molecule has 1 heterocycles. The minimum Gasteiger partial charge on any atom is -0.388 e. The number of benzene rings is 1. The first-order valence-electron chi connectivity index (χ1n) is 6.87. The lowest BCUT2D eigenvalue weighted by molar-refractivity contribution is 0.117. The fourth-order valence-electron chi connectivity index (χ4n) is 2.51. The average molecular weight is 255 g/mol. The zero-order valence-corrected chi connectivity index (χ0v) is 11.5. The van der Waals surface area contributed by atoms with Crippen LogP contribution in [0.25, 0.3) is 0 Å². The predicted octanol–water partition coefficient (Wildman–Crippen LogP) is 3.94. The summed E-state index contributed by atoms with van der Waals surface area (Å²) in [6.07, 6.45) is 4.02. The molecule has 0 aliphatic carbocycles. The Hall–Kier alpha value is -1.67. The Balaban J connectivity index is 2.34. The molecule has 2 aromatic rings. The fraction of sp³-hybridized carbons (Fsp3) is 0.353. The van der Waals surface area contributed by atoms with Crippen LogP contribution in [0.5, 0.6) is 0 Å². The lowest BCUT2D eigenvalue weighted by Gasteiger charge is -2.28. The largest absolute Gasteiger partial charge is 0.388 e. The first kappa shape index (κ1) is 13.8. The van der Waals surface area contributed by atoms with Gasteiger partial charge in [0.15, 0.2) is 0 Å². The van der Waals surface area contributed by atoms with Crippen LogP contribution in [0.2, 0.25) is 0 Å². The molecule has 0 saturated carbocycles. The minimum atomic E-state index is -0.508. The fourth-order valence-corrected chi connectivity index (χ4v) is 2.51. The summed E-state index contributed by atoms with van der Waals surface area (Å²) in [4.78, 5) is 4.11. The molecule has 100 valence electrons. The van der Waals surface area contributed by atoms with Crippen molar-refractivity contribution in [1.82, 2.24) is 4.98 Å². The predicted molar refractivity (Wildman–Crippen MR) is 77.8 cm³/mol. The van der Waals surface area contributed by atoms with Gasteiger partial charge in [0.05, 0.1) is 6.10 Å². The van der Waals surface area contributed by atoms with Crippen molar-refractivity contribution in [2.45, 2.75) is 32.3 Å². The summed E-state index contributed by atoms with van der Waals surface area (Å²) < 4.78 is 0. The quantitative estimate of drug-likeness (QED) is 0.877. The van der Waals surface area contributed by atoms with Gasteiger partial charge in [0.1, 0.15) is 0 Å². The molecule has 1 aromatic carbocycles. The molecule has 2 rings (SSSR count). The molecule has 1 aromatic heterocycles. The molecule has 0 aliphatic heterocycles. The topological polar surface area (TPSA) is 33.1 Å². The lowest BCUT2D eigenvalue weighted by atomic mass is 9.79. The molecular formula is C17H21NO. The Kier molecular flexibility index (Phi) is 4.69. The Labute approximate surface area is 115 Å². The molecule has 0 radical (unpaired) electrons. The van der Waals surface area contributed by atoms with Gasteiger partial charge in [-0.25, -0.2) is 0 Å². The van der Waals surface area contributed by atoms with E-state index in [0.29, 0.717) is 5.92 Å². The maximum Gasteiger partial charge on any atom is 0.0875 e. The van der Waals surface area contributed by atoms with Crippen LogP contribution >= 0.6 is 0 Å². The lowest BCUT2D eigenvalue weighted by Crippen LogP contribution is -2.18. The van der Waals surface area contributed by atoms with E-state index in [0.717, 1.165) is 12.0 Å². The van der Waals surface area contributed by atoms with Gasteiger partial charge in [-0.2, -0.15) is 0 Å². The number of aromatic nitrogens is 1. The molecule has 0 bridgehead atoms. The Morgan fingerprint density at radius 1 is 1.05 bits per heavy atom. The molecular weight excluding hydrogens is 234 g/mol. The third kappa shape index (κ3) is 3.21. The van der Waals surface area contributed by atoms with Crippen molar-refractivity contribution in [1.29, 1.82) is 0 Å². The molecule has 19 heavy (non-hydrogen) atoms. The van der Waals surface area contributed by atoms with E-state index in [1.54, 1.807) is 12.4 Å². The number of nitrogens with zero attached hydrogens (tertiary/aromatic N) is 1. The van der Waals surface area contributed by atoms with Crippen LogP contribution in [0.15, 0.2) is 54.9 Å². The van der Waals surface area contributed by atoms with E-state index in [1.165, 1.54) is 5.56 Å². The minimum absolute atomic E-state index is 0.107. The second-order valence-corrected chi connectivity index (χ2v) is 5.05. The van der Waals surface area contributed by atoms with Crippen LogP contribution in [0, 0.1) is 5.92 Å². The highest BCUT2D eigenvalue weighted by Crippen LogP contribution is 2.37. The SMILES string of the molecule is CCC(C)C(c1ccccc1)C(O)c1cccnc1. The zero-order chi connectivity index (χ0) is 13.7. The van der Waals surface area contributed by atoms with E-state index in [1.807, 2.05) is 30.3 Å².